The fraction of sp³-hybridized carbons (Fsp3) is 0.471. The van der Waals surface area contributed by atoms with E-state index in [1.54, 1.807) is 0 Å². The van der Waals surface area contributed by atoms with Crippen molar-refractivity contribution >= 4 is 16.6 Å². The minimum Gasteiger partial charge on any atom is -0.383 e. The quantitative estimate of drug-likeness (QED) is 0.921. The number of nitrogens with one attached hydrogen (secondary N) is 1. The predicted octanol–water partition coefficient (Wildman–Crippen LogP) is 3.44. The predicted molar refractivity (Wildman–Crippen MR) is 85.2 cm³/mol. The van der Waals surface area contributed by atoms with Crippen molar-refractivity contribution in [3.63, 3.8) is 0 Å². The van der Waals surface area contributed by atoms with E-state index >= 15 is 0 Å². The van der Waals surface area contributed by atoms with Crippen LogP contribution in [0.25, 0.3) is 10.9 Å². The van der Waals surface area contributed by atoms with Gasteiger partial charge in [-0.15, -0.1) is 0 Å². The molecular formula is C17H23N3. The highest BCUT2D eigenvalue weighted by Gasteiger charge is 2.17. The number of nitrogens with zero attached hydrogens (tertiary/aromatic N) is 2. The third-order valence-electron chi connectivity index (χ3n) is 4.20. The molecule has 1 aliphatic rings. The normalized spacial score (nSPS) is 17.5. The van der Waals surface area contributed by atoms with E-state index in [9.17, 15) is 0 Å². The topological polar surface area (TPSA) is 28.2 Å². The number of fused-ring (bicyclic) bond motifs is 1. The van der Waals surface area contributed by atoms with Crippen LogP contribution < -0.4 is 5.32 Å². The van der Waals surface area contributed by atoms with Gasteiger partial charge in [0, 0.05) is 29.4 Å². The number of pyridine rings is 1. The summed E-state index contributed by atoms with van der Waals surface area (Å²) < 4.78 is 0. The van der Waals surface area contributed by atoms with E-state index in [-0.39, 0.29) is 0 Å². The van der Waals surface area contributed by atoms with Crippen LogP contribution in [0.3, 0.4) is 0 Å². The second-order valence-electron chi connectivity index (χ2n) is 5.80. The Kier molecular flexibility index (Phi) is 3.88. The molecule has 3 nitrogen and oxygen atoms in total. The van der Waals surface area contributed by atoms with Crippen LogP contribution >= 0.6 is 0 Å². The lowest BCUT2D eigenvalue weighted by Gasteiger charge is -2.24. The van der Waals surface area contributed by atoms with E-state index in [2.05, 4.69) is 53.3 Å². The van der Waals surface area contributed by atoms with Gasteiger partial charge in [-0.05, 0) is 51.9 Å². The van der Waals surface area contributed by atoms with E-state index in [0.717, 1.165) is 17.8 Å². The Hall–Kier alpha value is -1.61. The smallest absolute Gasteiger partial charge is 0.0725 e. The fourth-order valence-corrected chi connectivity index (χ4v) is 3.02. The summed E-state index contributed by atoms with van der Waals surface area (Å²) in [5, 5.41) is 4.84. The van der Waals surface area contributed by atoms with Crippen molar-refractivity contribution in [2.45, 2.75) is 32.7 Å². The van der Waals surface area contributed by atoms with E-state index in [1.165, 1.54) is 37.0 Å². The number of likely N-dealkylation sites (tertiary alicyclic amines) is 1. The van der Waals surface area contributed by atoms with E-state index in [4.69, 9.17) is 0 Å². The van der Waals surface area contributed by atoms with Gasteiger partial charge in [-0.2, -0.15) is 0 Å². The number of hydrogen-bond acceptors (Lipinski definition) is 3. The molecule has 0 amide bonds. The van der Waals surface area contributed by atoms with E-state index in [1.807, 2.05) is 6.07 Å². The molecule has 106 valence electrons. The number of anilines is 1. The van der Waals surface area contributed by atoms with Crippen LogP contribution in [0.2, 0.25) is 0 Å². The number of benzene rings is 1. The number of aryl methyl sites for hydroxylation is 1. The number of aromatic nitrogens is 1. The average molecular weight is 269 g/mol. The first-order chi connectivity index (χ1) is 9.74. The SMILES string of the molecule is Cc1cc(NCC(C)N2CCCC2)c2ccccc2n1. The molecule has 1 aromatic heterocycles. The fourth-order valence-electron chi connectivity index (χ4n) is 3.02. The van der Waals surface area contributed by atoms with Gasteiger partial charge >= 0.3 is 0 Å². The second-order valence-corrected chi connectivity index (χ2v) is 5.80. The van der Waals surface area contributed by atoms with Crippen molar-refractivity contribution < 1.29 is 0 Å². The maximum absolute atomic E-state index is 4.59. The summed E-state index contributed by atoms with van der Waals surface area (Å²) in [5.41, 5.74) is 3.35. The summed E-state index contributed by atoms with van der Waals surface area (Å²) in [6.07, 6.45) is 2.70. The Labute approximate surface area is 121 Å². The molecule has 0 radical (unpaired) electrons. The van der Waals surface area contributed by atoms with Crippen LogP contribution in [0.4, 0.5) is 5.69 Å². The highest BCUT2D eigenvalue weighted by Crippen LogP contribution is 2.23. The van der Waals surface area contributed by atoms with Gasteiger partial charge in [0.1, 0.15) is 0 Å². The zero-order valence-corrected chi connectivity index (χ0v) is 12.4. The number of hydrogen-bond donors (Lipinski definition) is 1. The van der Waals surface area contributed by atoms with Crippen LogP contribution in [0, 0.1) is 6.92 Å². The molecule has 3 heteroatoms. The molecule has 1 aliphatic heterocycles. The van der Waals surface area contributed by atoms with Crippen LogP contribution in [0.5, 0.6) is 0 Å². The summed E-state index contributed by atoms with van der Waals surface area (Å²) in [6, 6.07) is 11.1. The third kappa shape index (κ3) is 2.78. The van der Waals surface area contributed by atoms with E-state index in [0.29, 0.717) is 6.04 Å². The lowest BCUT2D eigenvalue weighted by atomic mass is 10.1. The van der Waals surface area contributed by atoms with Gasteiger partial charge in [0.15, 0.2) is 0 Å². The summed E-state index contributed by atoms with van der Waals surface area (Å²) >= 11 is 0. The highest BCUT2D eigenvalue weighted by molar-refractivity contribution is 5.91. The zero-order valence-electron chi connectivity index (χ0n) is 12.4. The molecule has 2 heterocycles. The molecular weight excluding hydrogens is 246 g/mol. The molecule has 1 aromatic carbocycles. The minimum absolute atomic E-state index is 0.588. The molecule has 1 N–H and O–H groups in total. The largest absolute Gasteiger partial charge is 0.383 e. The first kappa shape index (κ1) is 13.4. The highest BCUT2D eigenvalue weighted by atomic mass is 15.2. The molecule has 0 saturated carbocycles. The van der Waals surface area contributed by atoms with Crippen molar-refractivity contribution in [3.05, 3.63) is 36.0 Å². The first-order valence-electron chi connectivity index (χ1n) is 7.58. The summed E-state index contributed by atoms with van der Waals surface area (Å²) in [7, 11) is 0. The molecule has 1 saturated heterocycles. The van der Waals surface area contributed by atoms with E-state index < -0.39 is 0 Å². The Bertz CT molecular complexity index is 588. The second kappa shape index (κ2) is 5.80. The Morgan fingerprint density at radius 2 is 2.00 bits per heavy atom. The molecule has 2 aromatic rings. The van der Waals surface area contributed by atoms with Gasteiger partial charge < -0.3 is 5.32 Å². The maximum Gasteiger partial charge on any atom is 0.0725 e. The molecule has 1 fully saturated rings. The lowest BCUT2D eigenvalue weighted by Crippen LogP contribution is -2.35. The van der Waals surface area contributed by atoms with Crippen molar-refractivity contribution in [1.29, 1.82) is 0 Å². The summed E-state index contributed by atoms with van der Waals surface area (Å²) in [5.74, 6) is 0. The first-order valence-corrected chi connectivity index (χ1v) is 7.58. The van der Waals surface area contributed by atoms with Gasteiger partial charge in [-0.25, -0.2) is 0 Å². The summed E-state index contributed by atoms with van der Waals surface area (Å²) in [4.78, 5) is 7.16. The standard InChI is InChI=1S/C17H23N3/c1-13-11-17(15-7-3-4-8-16(15)19-13)18-12-14(2)20-9-5-6-10-20/h3-4,7-8,11,14H,5-6,9-10,12H2,1-2H3,(H,18,19). The van der Waals surface area contributed by atoms with Gasteiger partial charge in [0.25, 0.3) is 0 Å². The van der Waals surface area contributed by atoms with Crippen LogP contribution in [-0.4, -0.2) is 35.6 Å². The lowest BCUT2D eigenvalue weighted by molar-refractivity contribution is 0.269. The molecule has 20 heavy (non-hydrogen) atoms. The van der Waals surface area contributed by atoms with Crippen LogP contribution in [-0.2, 0) is 0 Å². The molecule has 0 bridgehead atoms. The maximum atomic E-state index is 4.59. The molecule has 1 atom stereocenters. The van der Waals surface area contributed by atoms with Gasteiger partial charge in [-0.1, -0.05) is 18.2 Å². The van der Waals surface area contributed by atoms with Gasteiger partial charge in [-0.3, -0.25) is 9.88 Å². The zero-order chi connectivity index (χ0) is 13.9. The Morgan fingerprint density at radius 1 is 1.25 bits per heavy atom. The monoisotopic (exact) mass is 269 g/mol. The van der Waals surface area contributed by atoms with Crippen LogP contribution in [0.1, 0.15) is 25.5 Å². The number of rotatable bonds is 4. The van der Waals surface area contributed by atoms with Crippen molar-refractivity contribution in [3.8, 4) is 0 Å². The molecule has 3 rings (SSSR count). The van der Waals surface area contributed by atoms with Crippen molar-refractivity contribution in [2.24, 2.45) is 0 Å². The van der Waals surface area contributed by atoms with Gasteiger partial charge in [0.05, 0.1) is 5.52 Å². The van der Waals surface area contributed by atoms with Crippen LogP contribution in [0.15, 0.2) is 30.3 Å². The minimum atomic E-state index is 0.588. The Balaban J connectivity index is 1.76. The summed E-state index contributed by atoms with van der Waals surface area (Å²) in [6.45, 7) is 7.86. The molecule has 0 aliphatic carbocycles. The third-order valence-corrected chi connectivity index (χ3v) is 4.20. The molecule has 1 unspecified atom stereocenters. The number of para-hydroxylation sites is 1. The van der Waals surface area contributed by atoms with Gasteiger partial charge in [0.2, 0.25) is 0 Å². The molecule has 0 spiro atoms. The average Bonchev–Trinajstić information content (AvgIpc) is 2.98. The van der Waals surface area contributed by atoms with Crippen molar-refractivity contribution in [1.82, 2.24) is 9.88 Å². The van der Waals surface area contributed by atoms with Crippen molar-refractivity contribution in [2.75, 3.05) is 25.0 Å². The Morgan fingerprint density at radius 3 is 2.80 bits per heavy atom.